The molecule has 22 heavy (non-hydrogen) atoms. The second kappa shape index (κ2) is 7.61. The number of hydrogen-bond acceptors (Lipinski definition) is 2. The van der Waals surface area contributed by atoms with Gasteiger partial charge in [0.2, 0.25) is 0 Å². The van der Waals surface area contributed by atoms with Crippen LogP contribution in [0.15, 0.2) is 24.3 Å². The highest BCUT2D eigenvalue weighted by atomic mass is 15.1. The van der Waals surface area contributed by atoms with E-state index in [0.717, 1.165) is 5.92 Å². The van der Waals surface area contributed by atoms with Crippen molar-refractivity contribution in [2.75, 3.05) is 26.7 Å². The van der Waals surface area contributed by atoms with Crippen molar-refractivity contribution in [2.45, 2.75) is 57.4 Å². The Morgan fingerprint density at radius 1 is 1.14 bits per heavy atom. The minimum Gasteiger partial charge on any atom is -0.312 e. The lowest BCUT2D eigenvalue weighted by Gasteiger charge is -2.37. The van der Waals surface area contributed by atoms with Gasteiger partial charge in [-0.05, 0) is 57.2 Å². The molecule has 0 amide bonds. The van der Waals surface area contributed by atoms with E-state index >= 15 is 0 Å². The molecule has 122 valence electrons. The Bertz CT molecular complexity index is 465. The van der Waals surface area contributed by atoms with Crippen molar-refractivity contribution >= 4 is 0 Å². The maximum Gasteiger partial charge on any atom is 0.0201 e. The third-order valence-corrected chi connectivity index (χ3v) is 5.57. The average molecular weight is 300 g/mol. The maximum atomic E-state index is 3.89. The van der Waals surface area contributed by atoms with E-state index in [4.69, 9.17) is 0 Å². The molecule has 1 aromatic carbocycles. The van der Waals surface area contributed by atoms with Crippen LogP contribution >= 0.6 is 0 Å². The summed E-state index contributed by atoms with van der Waals surface area (Å²) in [4.78, 5) is 2.51. The molecular weight excluding hydrogens is 268 g/mol. The summed E-state index contributed by atoms with van der Waals surface area (Å²) in [6.45, 7) is 5.84. The number of benzene rings is 1. The molecular formula is C20H32N2. The van der Waals surface area contributed by atoms with Crippen LogP contribution in [0.1, 0.15) is 55.6 Å². The summed E-state index contributed by atoms with van der Waals surface area (Å²) in [6, 6.07) is 9.77. The standard InChI is InChI=1S/C20H32N2/c1-16-7-6-10-18(11-16)19-12-20(15-22(2)14-19)21-13-17-8-4-3-5-9-17/h6-7,10-11,17,19-21H,3-5,8-9,12-15H2,1-2H3. The van der Waals surface area contributed by atoms with E-state index in [1.165, 1.54) is 69.3 Å². The van der Waals surface area contributed by atoms with E-state index in [1.54, 1.807) is 0 Å². The van der Waals surface area contributed by atoms with Gasteiger partial charge in [0.25, 0.3) is 0 Å². The van der Waals surface area contributed by atoms with Crippen LogP contribution in [0.5, 0.6) is 0 Å². The summed E-state index contributed by atoms with van der Waals surface area (Å²) in [5, 5.41) is 3.89. The highest BCUT2D eigenvalue weighted by Gasteiger charge is 2.26. The summed E-state index contributed by atoms with van der Waals surface area (Å²) < 4.78 is 0. The van der Waals surface area contributed by atoms with E-state index in [9.17, 15) is 0 Å². The van der Waals surface area contributed by atoms with Gasteiger partial charge in [0.15, 0.2) is 0 Å². The van der Waals surface area contributed by atoms with Crippen molar-refractivity contribution in [3.05, 3.63) is 35.4 Å². The second-order valence-corrected chi connectivity index (χ2v) is 7.68. The van der Waals surface area contributed by atoms with Crippen LogP contribution in [-0.2, 0) is 0 Å². The lowest BCUT2D eigenvalue weighted by Crippen LogP contribution is -2.48. The van der Waals surface area contributed by atoms with Crippen molar-refractivity contribution < 1.29 is 0 Å². The summed E-state index contributed by atoms with van der Waals surface area (Å²) in [5.41, 5.74) is 2.91. The molecule has 1 aliphatic heterocycles. The predicted molar refractivity (Wildman–Crippen MR) is 94.4 cm³/mol. The number of likely N-dealkylation sites (N-methyl/N-ethyl adjacent to an activating group) is 1. The Morgan fingerprint density at radius 2 is 1.95 bits per heavy atom. The number of nitrogens with one attached hydrogen (secondary N) is 1. The molecule has 1 saturated heterocycles. The molecule has 1 saturated carbocycles. The topological polar surface area (TPSA) is 15.3 Å². The Labute approximate surface area is 136 Å². The molecule has 2 atom stereocenters. The first-order valence-electron chi connectivity index (χ1n) is 9.19. The van der Waals surface area contributed by atoms with Crippen LogP contribution in [0.25, 0.3) is 0 Å². The van der Waals surface area contributed by atoms with Gasteiger partial charge in [-0.1, -0.05) is 49.1 Å². The third kappa shape index (κ3) is 4.33. The SMILES string of the molecule is Cc1cccc(C2CC(NCC3CCCCC3)CN(C)C2)c1. The predicted octanol–water partition coefficient (Wildman–Crippen LogP) is 3.95. The Balaban J connectivity index is 1.56. The smallest absolute Gasteiger partial charge is 0.0201 e. The molecule has 1 heterocycles. The van der Waals surface area contributed by atoms with Gasteiger partial charge in [-0.3, -0.25) is 0 Å². The van der Waals surface area contributed by atoms with Gasteiger partial charge in [-0.2, -0.15) is 0 Å². The van der Waals surface area contributed by atoms with Crippen molar-refractivity contribution in [3.63, 3.8) is 0 Å². The largest absolute Gasteiger partial charge is 0.312 e. The zero-order valence-corrected chi connectivity index (χ0v) is 14.4. The summed E-state index contributed by atoms with van der Waals surface area (Å²) in [5.74, 6) is 1.61. The molecule has 3 rings (SSSR count). The van der Waals surface area contributed by atoms with E-state index in [0.29, 0.717) is 12.0 Å². The highest BCUT2D eigenvalue weighted by molar-refractivity contribution is 5.26. The van der Waals surface area contributed by atoms with E-state index in [2.05, 4.69) is 48.5 Å². The normalized spacial score (nSPS) is 27.9. The van der Waals surface area contributed by atoms with E-state index in [1.807, 2.05) is 0 Å². The molecule has 1 aromatic rings. The number of hydrogen-bond donors (Lipinski definition) is 1. The quantitative estimate of drug-likeness (QED) is 0.905. The van der Waals surface area contributed by atoms with Gasteiger partial charge in [0, 0.05) is 19.1 Å². The molecule has 2 fully saturated rings. The van der Waals surface area contributed by atoms with Gasteiger partial charge in [0.05, 0.1) is 0 Å². The first kappa shape index (κ1) is 16.0. The monoisotopic (exact) mass is 300 g/mol. The van der Waals surface area contributed by atoms with Crippen LogP contribution in [0, 0.1) is 12.8 Å². The van der Waals surface area contributed by atoms with Gasteiger partial charge in [-0.15, -0.1) is 0 Å². The van der Waals surface area contributed by atoms with Crippen molar-refractivity contribution in [3.8, 4) is 0 Å². The molecule has 0 bridgehead atoms. The van der Waals surface area contributed by atoms with Crippen LogP contribution < -0.4 is 5.32 Å². The fourth-order valence-corrected chi connectivity index (χ4v) is 4.36. The van der Waals surface area contributed by atoms with Crippen LogP contribution in [0.4, 0.5) is 0 Å². The number of likely N-dealkylation sites (tertiary alicyclic amines) is 1. The van der Waals surface area contributed by atoms with E-state index in [-0.39, 0.29) is 0 Å². The van der Waals surface area contributed by atoms with Crippen molar-refractivity contribution in [2.24, 2.45) is 5.92 Å². The Kier molecular flexibility index (Phi) is 5.54. The minimum atomic E-state index is 0.659. The molecule has 2 unspecified atom stereocenters. The van der Waals surface area contributed by atoms with Crippen LogP contribution in [0.2, 0.25) is 0 Å². The fraction of sp³-hybridized carbons (Fsp3) is 0.700. The van der Waals surface area contributed by atoms with Crippen molar-refractivity contribution in [1.29, 1.82) is 0 Å². The number of piperidine rings is 1. The fourth-order valence-electron chi connectivity index (χ4n) is 4.36. The second-order valence-electron chi connectivity index (χ2n) is 7.68. The van der Waals surface area contributed by atoms with Crippen LogP contribution in [-0.4, -0.2) is 37.6 Å². The Morgan fingerprint density at radius 3 is 2.73 bits per heavy atom. The molecule has 2 heteroatoms. The lowest BCUT2D eigenvalue weighted by molar-refractivity contribution is 0.195. The Hall–Kier alpha value is -0.860. The summed E-state index contributed by atoms with van der Waals surface area (Å²) >= 11 is 0. The first-order chi connectivity index (χ1) is 10.7. The molecule has 2 nitrogen and oxygen atoms in total. The first-order valence-corrected chi connectivity index (χ1v) is 9.19. The number of rotatable bonds is 4. The molecule has 0 aromatic heterocycles. The number of aryl methyl sites for hydroxylation is 1. The third-order valence-electron chi connectivity index (χ3n) is 5.57. The molecule has 1 aliphatic carbocycles. The van der Waals surface area contributed by atoms with E-state index < -0.39 is 0 Å². The summed E-state index contributed by atoms with van der Waals surface area (Å²) in [6.07, 6.45) is 8.53. The zero-order valence-electron chi connectivity index (χ0n) is 14.4. The molecule has 2 aliphatic rings. The van der Waals surface area contributed by atoms with Gasteiger partial charge >= 0.3 is 0 Å². The van der Waals surface area contributed by atoms with Crippen molar-refractivity contribution in [1.82, 2.24) is 10.2 Å². The van der Waals surface area contributed by atoms with Gasteiger partial charge in [0.1, 0.15) is 0 Å². The van der Waals surface area contributed by atoms with Crippen LogP contribution in [0.3, 0.4) is 0 Å². The zero-order chi connectivity index (χ0) is 15.4. The van der Waals surface area contributed by atoms with Gasteiger partial charge in [-0.25, -0.2) is 0 Å². The van der Waals surface area contributed by atoms with Gasteiger partial charge < -0.3 is 10.2 Å². The highest BCUT2D eigenvalue weighted by Crippen LogP contribution is 2.28. The maximum absolute atomic E-state index is 3.89. The molecule has 1 N–H and O–H groups in total. The minimum absolute atomic E-state index is 0.659. The molecule has 0 radical (unpaired) electrons. The average Bonchev–Trinajstić information content (AvgIpc) is 2.53. The molecule has 0 spiro atoms. The lowest BCUT2D eigenvalue weighted by atomic mass is 9.86. The summed E-state index contributed by atoms with van der Waals surface area (Å²) in [7, 11) is 2.28. The number of nitrogens with zero attached hydrogens (tertiary/aromatic N) is 1.